The molecule has 2 nitrogen and oxygen atoms in total. The lowest BCUT2D eigenvalue weighted by atomic mass is 9.87. The minimum atomic E-state index is 0.772. The lowest BCUT2D eigenvalue weighted by molar-refractivity contribution is 0.100. The normalized spacial score (nSPS) is 43.9. The van der Waals surface area contributed by atoms with Crippen LogP contribution in [0.1, 0.15) is 19.3 Å². The smallest absolute Gasteiger partial charge is 0.0195 e. The summed E-state index contributed by atoms with van der Waals surface area (Å²) in [6.45, 7) is 4.00. The van der Waals surface area contributed by atoms with Crippen molar-refractivity contribution in [1.82, 2.24) is 10.2 Å². The van der Waals surface area contributed by atoms with Crippen LogP contribution in [0.5, 0.6) is 0 Å². The Balaban J connectivity index is 1.94. The van der Waals surface area contributed by atoms with E-state index >= 15 is 0 Å². The molecule has 11 heavy (non-hydrogen) atoms. The molecule has 0 aromatic rings. The van der Waals surface area contributed by atoms with E-state index < -0.39 is 0 Å². The van der Waals surface area contributed by atoms with Gasteiger partial charge in [-0.15, -0.1) is 0 Å². The summed E-state index contributed by atoms with van der Waals surface area (Å²) in [6, 6.07) is 0.772. The minimum Gasteiger partial charge on any atom is -0.316 e. The van der Waals surface area contributed by atoms with Crippen molar-refractivity contribution >= 4 is 0 Å². The highest BCUT2D eigenvalue weighted by Crippen LogP contribution is 2.25. The zero-order valence-electron chi connectivity index (χ0n) is 7.34. The molecule has 3 atom stereocenters. The van der Waals surface area contributed by atoms with Gasteiger partial charge in [-0.25, -0.2) is 0 Å². The van der Waals surface area contributed by atoms with Gasteiger partial charge in [0.05, 0.1) is 0 Å². The van der Waals surface area contributed by atoms with Gasteiger partial charge in [0.25, 0.3) is 0 Å². The third-order valence-corrected chi connectivity index (χ3v) is 3.11. The fourth-order valence-corrected chi connectivity index (χ4v) is 2.51. The fraction of sp³-hybridized carbons (Fsp3) is 1.00. The maximum Gasteiger partial charge on any atom is 0.0195 e. The average Bonchev–Trinajstić information content (AvgIpc) is 2.03. The van der Waals surface area contributed by atoms with Crippen LogP contribution in [0.2, 0.25) is 0 Å². The zero-order valence-corrected chi connectivity index (χ0v) is 7.34. The molecule has 2 heteroatoms. The maximum absolute atomic E-state index is 3.39. The Kier molecular flexibility index (Phi) is 2.14. The summed E-state index contributed by atoms with van der Waals surface area (Å²) in [5, 5.41) is 3.39. The van der Waals surface area contributed by atoms with E-state index in [1.165, 1.54) is 38.9 Å². The van der Waals surface area contributed by atoms with Crippen molar-refractivity contribution in [1.29, 1.82) is 0 Å². The molecule has 64 valence electrons. The number of likely N-dealkylation sites (N-methyl/N-ethyl adjacent to an activating group) is 1. The summed E-state index contributed by atoms with van der Waals surface area (Å²) < 4.78 is 0. The summed E-state index contributed by atoms with van der Waals surface area (Å²) in [4.78, 5) is 2.61. The first kappa shape index (κ1) is 7.56. The van der Waals surface area contributed by atoms with Crippen molar-refractivity contribution in [3.63, 3.8) is 0 Å². The minimum absolute atomic E-state index is 0.772. The van der Waals surface area contributed by atoms with Crippen LogP contribution < -0.4 is 5.32 Å². The van der Waals surface area contributed by atoms with Gasteiger partial charge in [0.1, 0.15) is 0 Å². The summed E-state index contributed by atoms with van der Waals surface area (Å²) in [5.41, 5.74) is 0. The van der Waals surface area contributed by atoms with Gasteiger partial charge in [0, 0.05) is 19.1 Å². The van der Waals surface area contributed by atoms with Gasteiger partial charge in [-0.1, -0.05) is 0 Å². The van der Waals surface area contributed by atoms with Crippen molar-refractivity contribution in [2.45, 2.75) is 25.3 Å². The average molecular weight is 154 g/mol. The molecular weight excluding hydrogens is 136 g/mol. The number of hydrogen-bond acceptors (Lipinski definition) is 2. The molecule has 2 bridgehead atoms. The molecule has 1 N–H and O–H groups in total. The van der Waals surface area contributed by atoms with Gasteiger partial charge in [0.15, 0.2) is 0 Å². The predicted octanol–water partition coefficient (Wildman–Crippen LogP) is 0.690. The van der Waals surface area contributed by atoms with Crippen LogP contribution in [-0.2, 0) is 0 Å². The summed E-state index contributed by atoms with van der Waals surface area (Å²) >= 11 is 0. The van der Waals surface area contributed by atoms with E-state index in [1.54, 1.807) is 0 Å². The molecule has 2 saturated heterocycles. The first-order chi connectivity index (χ1) is 5.38. The van der Waals surface area contributed by atoms with E-state index in [1.807, 2.05) is 0 Å². The highest BCUT2D eigenvalue weighted by molar-refractivity contribution is 4.85. The number of nitrogens with one attached hydrogen (secondary N) is 1. The first-order valence-electron chi connectivity index (χ1n) is 4.78. The molecule has 2 heterocycles. The Hall–Kier alpha value is -0.0800. The first-order valence-corrected chi connectivity index (χ1v) is 4.78. The number of piperidine rings is 2. The predicted molar refractivity (Wildman–Crippen MR) is 46.6 cm³/mol. The van der Waals surface area contributed by atoms with Crippen molar-refractivity contribution < 1.29 is 0 Å². The molecule has 2 aliphatic rings. The van der Waals surface area contributed by atoms with E-state index in [0.29, 0.717) is 0 Å². The molecule has 0 saturated carbocycles. The lowest BCUT2D eigenvalue weighted by Gasteiger charge is -2.41. The van der Waals surface area contributed by atoms with Gasteiger partial charge in [0.2, 0.25) is 0 Å². The monoisotopic (exact) mass is 154 g/mol. The van der Waals surface area contributed by atoms with Gasteiger partial charge >= 0.3 is 0 Å². The Morgan fingerprint density at radius 1 is 1.36 bits per heavy atom. The van der Waals surface area contributed by atoms with E-state index in [0.717, 1.165) is 12.0 Å². The second-order valence-corrected chi connectivity index (χ2v) is 3.99. The highest BCUT2D eigenvalue weighted by Gasteiger charge is 2.28. The third kappa shape index (κ3) is 1.57. The van der Waals surface area contributed by atoms with Gasteiger partial charge < -0.3 is 10.2 Å². The molecule has 2 aliphatic heterocycles. The summed E-state index contributed by atoms with van der Waals surface area (Å²) in [7, 11) is 2.09. The molecule has 1 unspecified atom stereocenters. The van der Waals surface area contributed by atoms with Crippen molar-refractivity contribution in [2.24, 2.45) is 5.92 Å². The summed E-state index contributed by atoms with van der Waals surface area (Å²) in [5.74, 6) is 0.995. The van der Waals surface area contributed by atoms with Gasteiger partial charge in [-0.05, 0) is 38.8 Å². The van der Waals surface area contributed by atoms with Crippen LogP contribution in [0.15, 0.2) is 0 Å². The molecule has 0 spiro atoms. The lowest BCUT2D eigenvalue weighted by Crippen LogP contribution is -2.50. The zero-order chi connectivity index (χ0) is 7.68. The Morgan fingerprint density at radius 2 is 2.27 bits per heavy atom. The topological polar surface area (TPSA) is 15.3 Å². The Labute approximate surface area is 69.0 Å². The number of rotatable bonds is 1. The van der Waals surface area contributed by atoms with E-state index in [2.05, 4.69) is 17.3 Å². The SMILES string of the molecule is CN[C@H]1C[C@H]2CCCN(C2)C1. The number of nitrogens with zero attached hydrogens (tertiary/aromatic N) is 1. The van der Waals surface area contributed by atoms with Crippen molar-refractivity contribution in [3.8, 4) is 0 Å². The standard InChI is InChI=1S/C9H18N2/c1-10-9-5-8-3-2-4-11(6-8)7-9/h8-10H,2-7H2,1H3/t8-,9+/m1/s1. The van der Waals surface area contributed by atoms with Crippen LogP contribution in [0.25, 0.3) is 0 Å². The fourth-order valence-electron chi connectivity index (χ4n) is 2.51. The summed E-state index contributed by atoms with van der Waals surface area (Å²) in [6.07, 6.45) is 4.31. The van der Waals surface area contributed by atoms with Gasteiger partial charge in [-0.3, -0.25) is 0 Å². The third-order valence-electron chi connectivity index (χ3n) is 3.11. The number of hydrogen-bond donors (Lipinski definition) is 1. The molecule has 0 aliphatic carbocycles. The van der Waals surface area contributed by atoms with Crippen molar-refractivity contribution in [3.05, 3.63) is 0 Å². The molecule has 0 amide bonds. The van der Waals surface area contributed by atoms with E-state index in [9.17, 15) is 0 Å². The maximum atomic E-state index is 3.39. The molecule has 0 aromatic carbocycles. The molecule has 2 fully saturated rings. The van der Waals surface area contributed by atoms with E-state index in [4.69, 9.17) is 0 Å². The Morgan fingerprint density at radius 3 is 3.00 bits per heavy atom. The molecule has 2 rings (SSSR count). The molecular formula is C9H18N2. The van der Waals surface area contributed by atoms with Crippen molar-refractivity contribution in [2.75, 3.05) is 26.7 Å². The Bertz CT molecular complexity index is 124. The quantitative estimate of drug-likeness (QED) is 0.598. The second kappa shape index (κ2) is 3.11. The van der Waals surface area contributed by atoms with Crippen LogP contribution in [-0.4, -0.2) is 37.6 Å². The van der Waals surface area contributed by atoms with Crippen LogP contribution >= 0.6 is 0 Å². The highest BCUT2D eigenvalue weighted by atomic mass is 15.2. The van der Waals surface area contributed by atoms with Crippen LogP contribution in [0.4, 0.5) is 0 Å². The molecule has 0 aromatic heterocycles. The molecule has 0 radical (unpaired) electrons. The number of fused-ring (bicyclic) bond motifs is 2. The van der Waals surface area contributed by atoms with Gasteiger partial charge in [-0.2, -0.15) is 0 Å². The van der Waals surface area contributed by atoms with Crippen LogP contribution in [0.3, 0.4) is 0 Å². The largest absolute Gasteiger partial charge is 0.316 e. The van der Waals surface area contributed by atoms with E-state index in [-0.39, 0.29) is 0 Å². The van der Waals surface area contributed by atoms with Crippen LogP contribution in [0, 0.1) is 5.92 Å². The second-order valence-electron chi connectivity index (χ2n) is 3.99.